The van der Waals surface area contributed by atoms with Gasteiger partial charge < -0.3 is 19.7 Å². The van der Waals surface area contributed by atoms with Crippen molar-refractivity contribution in [3.05, 3.63) is 30.0 Å². The zero-order valence-electron chi connectivity index (χ0n) is 11.8. The number of benzene rings is 1. The fraction of sp³-hybridized carbons (Fsp3) is 0.400. The number of hydrogen-bond donors (Lipinski definition) is 2. The standard InChI is InChI=1S/C15H20N2O3/c1-17-10-11(5-7-16-15(19)6-8-20-2)13-9-12(18)3-4-14(13)17/h3-4,9-10,18H,5-8H2,1-2H3,(H,16,19). The quantitative estimate of drug-likeness (QED) is 0.842. The van der Waals surface area contributed by atoms with Crippen molar-refractivity contribution < 1.29 is 14.6 Å². The van der Waals surface area contributed by atoms with Gasteiger partial charge in [-0.3, -0.25) is 4.79 Å². The summed E-state index contributed by atoms with van der Waals surface area (Å²) in [6.07, 6.45) is 3.15. The number of aromatic nitrogens is 1. The van der Waals surface area contributed by atoms with Gasteiger partial charge in [-0.1, -0.05) is 0 Å². The fourth-order valence-corrected chi connectivity index (χ4v) is 2.28. The average molecular weight is 276 g/mol. The minimum Gasteiger partial charge on any atom is -0.508 e. The molecule has 1 heterocycles. The first kappa shape index (κ1) is 14.4. The maximum absolute atomic E-state index is 11.5. The second-order valence-electron chi connectivity index (χ2n) is 4.81. The molecule has 108 valence electrons. The van der Waals surface area contributed by atoms with Crippen LogP contribution in [0.3, 0.4) is 0 Å². The number of carbonyl (C=O) groups excluding carboxylic acids is 1. The highest BCUT2D eigenvalue weighted by molar-refractivity contribution is 5.85. The highest BCUT2D eigenvalue weighted by Crippen LogP contribution is 2.24. The molecule has 5 nitrogen and oxygen atoms in total. The monoisotopic (exact) mass is 276 g/mol. The van der Waals surface area contributed by atoms with Crippen LogP contribution < -0.4 is 5.32 Å². The molecule has 0 bridgehead atoms. The van der Waals surface area contributed by atoms with Gasteiger partial charge >= 0.3 is 0 Å². The zero-order valence-corrected chi connectivity index (χ0v) is 11.8. The molecule has 1 amide bonds. The first-order valence-electron chi connectivity index (χ1n) is 6.64. The van der Waals surface area contributed by atoms with Crippen LogP contribution in [0.4, 0.5) is 0 Å². The molecule has 0 unspecified atom stereocenters. The van der Waals surface area contributed by atoms with E-state index in [9.17, 15) is 9.90 Å². The lowest BCUT2D eigenvalue weighted by Gasteiger charge is -2.04. The Balaban J connectivity index is 2.00. The summed E-state index contributed by atoms with van der Waals surface area (Å²) in [6.45, 7) is 1.02. The molecule has 0 atom stereocenters. The molecule has 2 rings (SSSR count). The van der Waals surface area contributed by atoms with Gasteiger partial charge in [-0.2, -0.15) is 0 Å². The lowest BCUT2D eigenvalue weighted by molar-refractivity contribution is -0.121. The van der Waals surface area contributed by atoms with Crippen LogP contribution in [-0.2, 0) is 23.0 Å². The molecule has 0 aliphatic heterocycles. The van der Waals surface area contributed by atoms with Crippen LogP contribution in [0.15, 0.2) is 24.4 Å². The molecule has 20 heavy (non-hydrogen) atoms. The number of amides is 1. The molecular weight excluding hydrogens is 256 g/mol. The van der Waals surface area contributed by atoms with Crippen molar-refractivity contribution in [3.63, 3.8) is 0 Å². The molecule has 1 aromatic carbocycles. The van der Waals surface area contributed by atoms with Gasteiger partial charge in [-0.25, -0.2) is 0 Å². The average Bonchev–Trinajstić information content (AvgIpc) is 2.73. The van der Waals surface area contributed by atoms with Crippen molar-refractivity contribution in [1.82, 2.24) is 9.88 Å². The Labute approximate surface area is 118 Å². The number of phenolic OH excluding ortho intramolecular Hbond substituents is 1. The molecule has 5 heteroatoms. The summed E-state index contributed by atoms with van der Waals surface area (Å²) >= 11 is 0. The summed E-state index contributed by atoms with van der Waals surface area (Å²) in [5, 5.41) is 13.5. The van der Waals surface area contributed by atoms with Crippen LogP contribution >= 0.6 is 0 Å². The number of carbonyl (C=O) groups is 1. The van der Waals surface area contributed by atoms with Gasteiger partial charge in [0, 0.05) is 44.2 Å². The van der Waals surface area contributed by atoms with Crippen LogP contribution in [0.2, 0.25) is 0 Å². The van der Waals surface area contributed by atoms with E-state index in [0.717, 1.165) is 22.9 Å². The molecule has 0 radical (unpaired) electrons. The van der Waals surface area contributed by atoms with Crippen LogP contribution in [0.5, 0.6) is 5.75 Å². The minimum atomic E-state index is -0.00469. The second-order valence-corrected chi connectivity index (χ2v) is 4.81. The summed E-state index contributed by atoms with van der Waals surface area (Å²) < 4.78 is 6.88. The van der Waals surface area contributed by atoms with E-state index >= 15 is 0 Å². The predicted octanol–water partition coefficient (Wildman–Crippen LogP) is 1.58. The predicted molar refractivity (Wildman–Crippen MR) is 77.8 cm³/mol. The van der Waals surface area contributed by atoms with Gasteiger partial charge in [0.15, 0.2) is 0 Å². The number of hydrogen-bond acceptors (Lipinski definition) is 3. The van der Waals surface area contributed by atoms with Gasteiger partial charge in [0.1, 0.15) is 5.75 Å². The van der Waals surface area contributed by atoms with Crippen molar-refractivity contribution in [3.8, 4) is 5.75 Å². The number of ether oxygens (including phenoxy) is 1. The third kappa shape index (κ3) is 3.30. The second kappa shape index (κ2) is 6.43. The van der Waals surface area contributed by atoms with Crippen molar-refractivity contribution in [2.24, 2.45) is 7.05 Å². The van der Waals surface area contributed by atoms with Gasteiger partial charge in [0.05, 0.1) is 6.61 Å². The number of rotatable bonds is 6. The Morgan fingerprint density at radius 1 is 1.45 bits per heavy atom. The summed E-state index contributed by atoms with van der Waals surface area (Å²) in [7, 11) is 3.55. The first-order valence-corrected chi connectivity index (χ1v) is 6.64. The molecule has 2 N–H and O–H groups in total. The smallest absolute Gasteiger partial charge is 0.222 e. The fourth-order valence-electron chi connectivity index (χ4n) is 2.28. The maximum Gasteiger partial charge on any atom is 0.222 e. The molecule has 0 saturated heterocycles. The Morgan fingerprint density at radius 2 is 2.25 bits per heavy atom. The number of methoxy groups -OCH3 is 1. The molecular formula is C15H20N2O3. The van der Waals surface area contributed by atoms with E-state index in [1.165, 1.54) is 0 Å². The maximum atomic E-state index is 11.5. The van der Waals surface area contributed by atoms with Crippen LogP contribution in [0.25, 0.3) is 10.9 Å². The zero-order chi connectivity index (χ0) is 14.5. The molecule has 0 saturated carbocycles. The number of aromatic hydroxyl groups is 1. The Morgan fingerprint density at radius 3 is 3.00 bits per heavy atom. The van der Waals surface area contributed by atoms with Gasteiger partial charge in [0.2, 0.25) is 5.91 Å². The van der Waals surface area contributed by atoms with Crippen molar-refractivity contribution >= 4 is 16.8 Å². The topological polar surface area (TPSA) is 63.5 Å². The Bertz CT molecular complexity index is 604. The summed E-state index contributed by atoms with van der Waals surface area (Å²) in [4.78, 5) is 11.5. The largest absolute Gasteiger partial charge is 0.508 e. The summed E-state index contributed by atoms with van der Waals surface area (Å²) in [6, 6.07) is 5.33. The summed E-state index contributed by atoms with van der Waals surface area (Å²) in [5.41, 5.74) is 2.19. The van der Waals surface area contributed by atoms with Crippen molar-refractivity contribution in [1.29, 1.82) is 0 Å². The third-order valence-corrected chi connectivity index (χ3v) is 3.31. The van der Waals surface area contributed by atoms with Gasteiger partial charge in [-0.15, -0.1) is 0 Å². The Hall–Kier alpha value is -2.01. The van der Waals surface area contributed by atoms with E-state index in [4.69, 9.17) is 4.74 Å². The number of nitrogens with one attached hydrogen (secondary N) is 1. The summed E-state index contributed by atoms with van der Waals surface area (Å²) in [5.74, 6) is 0.254. The number of nitrogens with zero attached hydrogens (tertiary/aromatic N) is 1. The van der Waals surface area contributed by atoms with E-state index in [2.05, 4.69) is 5.32 Å². The van der Waals surface area contributed by atoms with E-state index in [-0.39, 0.29) is 11.7 Å². The lowest BCUT2D eigenvalue weighted by atomic mass is 10.1. The number of phenols is 1. The lowest BCUT2D eigenvalue weighted by Crippen LogP contribution is -2.26. The first-order chi connectivity index (χ1) is 9.61. The molecule has 0 fully saturated rings. The van der Waals surface area contributed by atoms with Crippen molar-refractivity contribution in [2.45, 2.75) is 12.8 Å². The van der Waals surface area contributed by atoms with E-state index in [1.807, 2.05) is 23.9 Å². The molecule has 0 spiro atoms. The molecule has 0 aliphatic carbocycles. The molecule has 1 aromatic heterocycles. The SMILES string of the molecule is COCCC(=O)NCCc1cn(C)c2ccc(O)cc12. The highest BCUT2D eigenvalue weighted by Gasteiger charge is 2.08. The molecule has 0 aliphatic rings. The van der Waals surface area contributed by atoms with Crippen LogP contribution in [-0.4, -0.2) is 35.8 Å². The Kier molecular flexibility index (Phi) is 4.63. The third-order valence-electron chi connectivity index (χ3n) is 3.31. The van der Waals surface area contributed by atoms with E-state index < -0.39 is 0 Å². The number of aryl methyl sites for hydroxylation is 1. The van der Waals surface area contributed by atoms with Crippen LogP contribution in [0.1, 0.15) is 12.0 Å². The van der Waals surface area contributed by atoms with Crippen molar-refractivity contribution in [2.75, 3.05) is 20.3 Å². The number of fused-ring (bicyclic) bond motifs is 1. The molecule has 2 aromatic rings. The van der Waals surface area contributed by atoms with Crippen LogP contribution in [0, 0.1) is 0 Å². The normalized spacial score (nSPS) is 10.9. The highest BCUT2D eigenvalue weighted by atomic mass is 16.5. The van der Waals surface area contributed by atoms with Gasteiger partial charge in [-0.05, 0) is 30.2 Å². The van der Waals surface area contributed by atoms with E-state index in [1.54, 1.807) is 19.2 Å². The minimum absolute atomic E-state index is 0.00469. The van der Waals surface area contributed by atoms with Gasteiger partial charge in [0.25, 0.3) is 0 Å². The van der Waals surface area contributed by atoms with E-state index in [0.29, 0.717) is 19.6 Å².